The minimum atomic E-state index is -0.669. The largest absolute Gasteiger partial charge is 0.387 e. The van der Waals surface area contributed by atoms with E-state index in [9.17, 15) is 9.90 Å². The zero-order valence-corrected chi connectivity index (χ0v) is 14.3. The molecule has 0 aliphatic carbocycles. The fourth-order valence-corrected chi connectivity index (χ4v) is 3.50. The second-order valence-electron chi connectivity index (χ2n) is 5.73. The summed E-state index contributed by atoms with van der Waals surface area (Å²) in [5.41, 5.74) is 4.30. The molecule has 1 aromatic carbocycles. The molecule has 3 rings (SSSR count). The Morgan fingerprint density at radius 1 is 1.29 bits per heavy atom. The van der Waals surface area contributed by atoms with Gasteiger partial charge in [0.2, 0.25) is 0 Å². The fraction of sp³-hybridized carbons (Fsp3) is 0.278. The van der Waals surface area contributed by atoms with E-state index in [0.29, 0.717) is 6.54 Å². The van der Waals surface area contributed by atoms with Crippen LogP contribution >= 0.6 is 11.3 Å². The van der Waals surface area contributed by atoms with E-state index in [1.54, 1.807) is 0 Å². The van der Waals surface area contributed by atoms with E-state index in [4.69, 9.17) is 0 Å². The SMILES string of the molecule is Cc1[nH]c2ccccc2c1CCNC(=O)NCC(O)c1ccsc1. The molecule has 1 atom stereocenters. The van der Waals surface area contributed by atoms with Gasteiger partial charge in [-0.25, -0.2) is 4.79 Å². The quantitative estimate of drug-likeness (QED) is 0.555. The Hall–Kier alpha value is -2.31. The van der Waals surface area contributed by atoms with Crippen LogP contribution in [0.4, 0.5) is 4.79 Å². The number of fused-ring (bicyclic) bond motifs is 1. The molecule has 0 spiro atoms. The molecule has 0 saturated heterocycles. The van der Waals surface area contributed by atoms with Crippen LogP contribution in [0.15, 0.2) is 41.1 Å². The van der Waals surface area contributed by atoms with E-state index in [1.807, 2.05) is 35.9 Å². The fourth-order valence-electron chi connectivity index (χ4n) is 2.79. The number of carbonyl (C=O) groups is 1. The Kier molecular flexibility index (Phi) is 5.17. The minimum absolute atomic E-state index is 0.203. The van der Waals surface area contributed by atoms with Gasteiger partial charge in [0.05, 0.1) is 6.10 Å². The summed E-state index contributed by atoms with van der Waals surface area (Å²) in [6.07, 6.45) is 0.0916. The number of urea groups is 1. The molecule has 6 heteroatoms. The summed E-state index contributed by atoms with van der Waals surface area (Å²) in [6, 6.07) is 9.76. The number of aromatic nitrogens is 1. The summed E-state index contributed by atoms with van der Waals surface area (Å²) in [7, 11) is 0. The van der Waals surface area contributed by atoms with E-state index in [2.05, 4.69) is 27.8 Å². The van der Waals surface area contributed by atoms with Gasteiger partial charge in [0.25, 0.3) is 0 Å². The monoisotopic (exact) mass is 343 g/mol. The van der Waals surface area contributed by atoms with E-state index >= 15 is 0 Å². The summed E-state index contributed by atoms with van der Waals surface area (Å²) in [5, 5.41) is 20.5. The number of amides is 2. The molecule has 0 saturated carbocycles. The van der Waals surface area contributed by atoms with Gasteiger partial charge >= 0.3 is 6.03 Å². The number of H-pyrrole nitrogens is 1. The van der Waals surface area contributed by atoms with Crippen molar-refractivity contribution in [2.24, 2.45) is 0 Å². The van der Waals surface area contributed by atoms with Crippen molar-refractivity contribution < 1.29 is 9.90 Å². The highest BCUT2D eigenvalue weighted by molar-refractivity contribution is 7.07. The standard InChI is InChI=1S/C18H21N3O2S/c1-12-14(15-4-2-3-5-16(15)21-12)6-8-19-18(23)20-10-17(22)13-7-9-24-11-13/h2-5,7,9,11,17,21-22H,6,8,10H2,1H3,(H2,19,20,23). The summed E-state index contributed by atoms with van der Waals surface area (Å²) in [5.74, 6) is 0. The third kappa shape index (κ3) is 3.77. The summed E-state index contributed by atoms with van der Waals surface area (Å²) in [4.78, 5) is 15.2. The molecule has 4 N–H and O–H groups in total. The topological polar surface area (TPSA) is 77.2 Å². The average molecular weight is 343 g/mol. The van der Waals surface area contributed by atoms with Crippen LogP contribution in [0.5, 0.6) is 0 Å². The lowest BCUT2D eigenvalue weighted by molar-refractivity contribution is 0.173. The van der Waals surface area contributed by atoms with Crippen LogP contribution in [0.3, 0.4) is 0 Å². The van der Waals surface area contributed by atoms with Crippen LogP contribution in [0.25, 0.3) is 10.9 Å². The number of rotatable bonds is 6. The maximum Gasteiger partial charge on any atom is 0.314 e. The first-order valence-corrected chi connectivity index (χ1v) is 8.87. The lowest BCUT2D eigenvalue weighted by atomic mass is 10.1. The zero-order valence-electron chi connectivity index (χ0n) is 13.5. The van der Waals surface area contributed by atoms with Crippen LogP contribution in [0.1, 0.15) is 22.9 Å². The predicted octanol–water partition coefficient (Wildman–Crippen LogP) is 3.11. The highest BCUT2D eigenvalue weighted by Crippen LogP contribution is 2.21. The smallest absolute Gasteiger partial charge is 0.314 e. The zero-order chi connectivity index (χ0) is 16.9. The van der Waals surface area contributed by atoms with Gasteiger partial charge in [0.1, 0.15) is 0 Å². The Balaban J connectivity index is 1.47. The van der Waals surface area contributed by atoms with Gasteiger partial charge < -0.3 is 20.7 Å². The number of thiophene rings is 1. The lowest BCUT2D eigenvalue weighted by Crippen LogP contribution is -2.38. The lowest BCUT2D eigenvalue weighted by Gasteiger charge is -2.11. The molecule has 126 valence electrons. The van der Waals surface area contributed by atoms with E-state index in [-0.39, 0.29) is 12.6 Å². The van der Waals surface area contributed by atoms with Crippen LogP contribution in [-0.2, 0) is 6.42 Å². The number of aliphatic hydroxyl groups excluding tert-OH is 1. The van der Waals surface area contributed by atoms with Gasteiger partial charge in [-0.15, -0.1) is 0 Å². The molecule has 0 radical (unpaired) electrons. The van der Waals surface area contributed by atoms with Crippen molar-refractivity contribution in [2.45, 2.75) is 19.4 Å². The third-order valence-corrected chi connectivity index (χ3v) is 4.77. The molecule has 0 aliphatic heterocycles. The normalized spacial score (nSPS) is 12.2. The highest BCUT2D eigenvalue weighted by atomic mass is 32.1. The number of para-hydroxylation sites is 1. The van der Waals surface area contributed by atoms with Gasteiger partial charge in [-0.2, -0.15) is 11.3 Å². The van der Waals surface area contributed by atoms with E-state index in [0.717, 1.165) is 23.2 Å². The minimum Gasteiger partial charge on any atom is -0.387 e. The molecule has 5 nitrogen and oxygen atoms in total. The Bertz CT molecular complexity index is 811. The molecule has 2 aromatic heterocycles. The molecule has 2 amide bonds. The van der Waals surface area contributed by atoms with Gasteiger partial charge in [-0.05, 0) is 47.4 Å². The van der Waals surface area contributed by atoms with Crippen molar-refractivity contribution in [3.63, 3.8) is 0 Å². The third-order valence-electron chi connectivity index (χ3n) is 4.07. The van der Waals surface area contributed by atoms with Crippen LogP contribution in [-0.4, -0.2) is 29.2 Å². The first-order valence-electron chi connectivity index (χ1n) is 7.93. The number of aliphatic hydroxyl groups is 1. The van der Waals surface area contributed by atoms with Crippen molar-refractivity contribution in [2.75, 3.05) is 13.1 Å². The first-order chi connectivity index (χ1) is 11.6. The Morgan fingerprint density at radius 3 is 2.92 bits per heavy atom. The van der Waals surface area contributed by atoms with Crippen LogP contribution in [0.2, 0.25) is 0 Å². The second kappa shape index (κ2) is 7.51. The van der Waals surface area contributed by atoms with Crippen molar-refractivity contribution >= 4 is 28.3 Å². The van der Waals surface area contributed by atoms with Crippen LogP contribution < -0.4 is 10.6 Å². The first kappa shape index (κ1) is 16.5. The second-order valence-corrected chi connectivity index (χ2v) is 6.51. The Labute approximate surface area is 144 Å². The van der Waals surface area contributed by atoms with Crippen molar-refractivity contribution in [1.29, 1.82) is 0 Å². The highest BCUT2D eigenvalue weighted by Gasteiger charge is 2.11. The molecular weight excluding hydrogens is 322 g/mol. The molecule has 0 aliphatic rings. The maximum absolute atomic E-state index is 11.9. The number of hydrogen-bond acceptors (Lipinski definition) is 3. The van der Waals surface area contributed by atoms with Gasteiger partial charge in [-0.1, -0.05) is 18.2 Å². The van der Waals surface area contributed by atoms with Crippen molar-refractivity contribution in [1.82, 2.24) is 15.6 Å². The summed E-state index contributed by atoms with van der Waals surface area (Å²) < 4.78 is 0. The molecule has 0 bridgehead atoms. The van der Waals surface area contributed by atoms with Crippen molar-refractivity contribution in [3.05, 3.63) is 57.9 Å². The van der Waals surface area contributed by atoms with Gasteiger partial charge in [-0.3, -0.25) is 0 Å². The summed E-state index contributed by atoms with van der Waals surface area (Å²) in [6.45, 7) is 2.80. The van der Waals surface area contributed by atoms with Crippen molar-refractivity contribution in [3.8, 4) is 0 Å². The Morgan fingerprint density at radius 2 is 2.12 bits per heavy atom. The number of benzene rings is 1. The molecule has 1 unspecified atom stereocenters. The van der Waals surface area contributed by atoms with Gasteiger partial charge in [0.15, 0.2) is 0 Å². The van der Waals surface area contributed by atoms with Crippen LogP contribution in [0, 0.1) is 6.92 Å². The molecule has 3 aromatic rings. The molecule has 24 heavy (non-hydrogen) atoms. The molecular formula is C18H21N3O2S. The van der Waals surface area contributed by atoms with E-state index < -0.39 is 6.10 Å². The number of hydrogen-bond donors (Lipinski definition) is 4. The number of nitrogens with one attached hydrogen (secondary N) is 3. The van der Waals surface area contributed by atoms with E-state index in [1.165, 1.54) is 22.3 Å². The summed E-state index contributed by atoms with van der Waals surface area (Å²) >= 11 is 1.53. The average Bonchev–Trinajstić information content (AvgIpc) is 3.21. The number of aryl methyl sites for hydroxylation is 1. The maximum atomic E-state index is 11.9. The molecule has 2 heterocycles. The predicted molar refractivity (Wildman–Crippen MR) is 97.4 cm³/mol. The van der Waals surface area contributed by atoms with Gasteiger partial charge in [0, 0.05) is 29.7 Å². The number of aromatic amines is 1. The molecule has 0 fully saturated rings. The number of carbonyl (C=O) groups excluding carboxylic acids is 1.